The molecule has 1 aromatic heterocycles. The first-order valence-electron chi connectivity index (χ1n) is 6.98. The molecule has 0 bridgehead atoms. The number of carbonyl (C=O) groups is 2. The first kappa shape index (κ1) is 15.6. The Kier molecular flexibility index (Phi) is 3.85. The Morgan fingerprint density at radius 1 is 1.26 bits per heavy atom. The fourth-order valence-electron chi connectivity index (χ4n) is 2.52. The minimum Gasteiger partial charge on any atom is -0.475 e. The molecule has 2 N–H and O–H groups in total. The molecule has 0 radical (unpaired) electrons. The molecule has 3 rings (SSSR count). The lowest BCUT2D eigenvalue weighted by atomic mass is 9.95. The van der Waals surface area contributed by atoms with E-state index < -0.39 is 17.7 Å². The summed E-state index contributed by atoms with van der Waals surface area (Å²) in [5.74, 6) is -2.50. The topological polar surface area (TPSA) is 79.5 Å². The van der Waals surface area contributed by atoms with Crippen molar-refractivity contribution >= 4 is 23.5 Å². The summed E-state index contributed by atoms with van der Waals surface area (Å²) in [6.07, 6.45) is 1.66. The third-order valence-corrected chi connectivity index (χ3v) is 4.30. The van der Waals surface area contributed by atoms with Gasteiger partial charge in [-0.25, -0.2) is 9.18 Å². The Balaban J connectivity index is 1.69. The van der Waals surface area contributed by atoms with Crippen molar-refractivity contribution in [2.75, 3.05) is 6.54 Å². The molecule has 1 heterocycles. The molecule has 23 heavy (non-hydrogen) atoms. The SMILES string of the molecule is O=C(O)c1ccc(C(=O)NCC2(c3ccc(F)cc3Cl)CC2)o1. The van der Waals surface area contributed by atoms with Crippen LogP contribution < -0.4 is 5.32 Å². The van der Waals surface area contributed by atoms with E-state index in [-0.39, 0.29) is 16.9 Å². The number of carbonyl (C=O) groups excluding carboxylic acids is 1. The number of amides is 1. The number of furan rings is 1. The Labute approximate surface area is 136 Å². The number of carboxylic acid groups (broad SMARTS) is 1. The van der Waals surface area contributed by atoms with Crippen LogP contribution in [0.1, 0.15) is 39.5 Å². The minimum absolute atomic E-state index is 0.0663. The number of halogens is 2. The Morgan fingerprint density at radius 2 is 1.96 bits per heavy atom. The molecule has 0 aliphatic heterocycles. The maximum absolute atomic E-state index is 13.1. The van der Waals surface area contributed by atoms with Crippen LogP contribution in [0.25, 0.3) is 0 Å². The van der Waals surface area contributed by atoms with E-state index in [1.54, 1.807) is 6.07 Å². The normalized spacial score (nSPS) is 15.2. The molecule has 1 amide bonds. The van der Waals surface area contributed by atoms with Gasteiger partial charge >= 0.3 is 5.97 Å². The average Bonchev–Trinajstić information content (AvgIpc) is 3.10. The van der Waals surface area contributed by atoms with E-state index in [0.717, 1.165) is 18.4 Å². The van der Waals surface area contributed by atoms with Crippen molar-refractivity contribution in [2.24, 2.45) is 0 Å². The molecule has 1 fully saturated rings. The molecule has 0 unspecified atom stereocenters. The summed E-state index contributed by atoms with van der Waals surface area (Å²) < 4.78 is 18.1. The lowest BCUT2D eigenvalue weighted by Crippen LogP contribution is -2.32. The van der Waals surface area contributed by atoms with Gasteiger partial charge in [-0.1, -0.05) is 17.7 Å². The van der Waals surface area contributed by atoms with Crippen molar-refractivity contribution in [2.45, 2.75) is 18.3 Å². The number of nitrogens with one attached hydrogen (secondary N) is 1. The summed E-state index contributed by atoms with van der Waals surface area (Å²) in [5, 5.41) is 11.8. The zero-order valence-electron chi connectivity index (χ0n) is 11.9. The number of rotatable bonds is 5. The highest BCUT2D eigenvalue weighted by Crippen LogP contribution is 2.50. The van der Waals surface area contributed by atoms with E-state index in [1.807, 2.05) is 0 Å². The van der Waals surface area contributed by atoms with Gasteiger partial charge in [0.05, 0.1) is 0 Å². The van der Waals surface area contributed by atoms with Gasteiger partial charge < -0.3 is 14.8 Å². The Bertz CT molecular complexity index is 782. The van der Waals surface area contributed by atoms with Crippen LogP contribution >= 0.6 is 11.6 Å². The van der Waals surface area contributed by atoms with E-state index in [1.165, 1.54) is 24.3 Å². The number of hydrogen-bond donors (Lipinski definition) is 2. The van der Waals surface area contributed by atoms with Crippen LogP contribution in [0.5, 0.6) is 0 Å². The van der Waals surface area contributed by atoms with Crippen LogP contribution in [-0.2, 0) is 5.41 Å². The fraction of sp³-hybridized carbons (Fsp3) is 0.250. The van der Waals surface area contributed by atoms with Crippen molar-refractivity contribution in [3.63, 3.8) is 0 Å². The molecule has 0 spiro atoms. The summed E-state index contributed by atoms with van der Waals surface area (Å²) in [4.78, 5) is 22.8. The van der Waals surface area contributed by atoms with Gasteiger partial charge in [0.1, 0.15) is 5.82 Å². The summed E-state index contributed by atoms with van der Waals surface area (Å²) in [5.41, 5.74) is 0.495. The maximum Gasteiger partial charge on any atom is 0.371 e. The molecule has 1 aromatic carbocycles. The van der Waals surface area contributed by atoms with Crippen LogP contribution in [0.15, 0.2) is 34.7 Å². The van der Waals surface area contributed by atoms with E-state index in [9.17, 15) is 14.0 Å². The minimum atomic E-state index is -1.24. The zero-order valence-corrected chi connectivity index (χ0v) is 12.7. The van der Waals surface area contributed by atoms with E-state index >= 15 is 0 Å². The van der Waals surface area contributed by atoms with Crippen LogP contribution in [0.4, 0.5) is 4.39 Å². The molecule has 2 aromatic rings. The molecular formula is C16H13ClFNO4. The van der Waals surface area contributed by atoms with Crippen LogP contribution in [0.2, 0.25) is 5.02 Å². The first-order chi connectivity index (χ1) is 10.9. The predicted molar refractivity (Wildman–Crippen MR) is 80.3 cm³/mol. The average molecular weight is 338 g/mol. The molecule has 0 atom stereocenters. The van der Waals surface area contributed by atoms with Crippen LogP contribution in [0, 0.1) is 5.82 Å². The largest absolute Gasteiger partial charge is 0.475 e. The van der Waals surface area contributed by atoms with Gasteiger partial charge in [0, 0.05) is 17.0 Å². The third kappa shape index (κ3) is 3.07. The molecule has 5 nitrogen and oxygen atoms in total. The molecule has 1 aliphatic carbocycles. The second-order valence-corrected chi connectivity index (χ2v) is 5.96. The summed E-state index contributed by atoms with van der Waals surface area (Å²) in [7, 11) is 0. The van der Waals surface area contributed by atoms with Crippen molar-refractivity contribution in [3.05, 3.63) is 58.3 Å². The lowest BCUT2D eigenvalue weighted by Gasteiger charge is -2.17. The van der Waals surface area contributed by atoms with Gasteiger partial charge in [0.2, 0.25) is 5.76 Å². The predicted octanol–water partition coefficient (Wildman–Crippen LogP) is 3.23. The maximum atomic E-state index is 13.1. The Hall–Kier alpha value is -2.34. The van der Waals surface area contributed by atoms with Gasteiger partial charge in [0.25, 0.3) is 5.91 Å². The summed E-state index contributed by atoms with van der Waals surface area (Å²) in [6.45, 7) is 0.320. The van der Waals surface area contributed by atoms with Crippen molar-refractivity contribution < 1.29 is 23.5 Å². The van der Waals surface area contributed by atoms with Crippen molar-refractivity contribution in [1.82, 2.24) is 5.32 Å². The molecule has 0 saturated heterocycles. The number of aromatic carboxylic acids is 1. The number of benzene rings is 1. The lowest BCUT2D eigenvalue weighted by molar-refractivity contribution is 0.0659. The van der Waals surface area contributed by atoms with Gasteiger partial charge in [-0.05, 0) is 42.7 Å². The second kappa shape index (κ2) is 5.70. The van der Waals surface area contributed by atoms with Gasteiger partial charge in [-0.3, -0.25) is 4.79 Å². The molecule has 120 valence electrons. The van der Waals surface area contributed by atoms with Gasteiger partial charge in [-0.15, -0.1) is 0 Å². The first-order valence-corrected chi connectivity index (χ1v) is 7.36. The molecule has 1 saturated carbocycles. The van der Waals surface area contributed by atoms with Crippen molar-refractivity contribution in [1.29, 1.82) is 0 Å². The number of carboxylic acids is 1. The quantitative estimate of drug-likeness (QED) is 0.877. The van der Waals surface area contributed by atoms with E-state index in [0.29, 0.717) is 11.6 Å². The Morgan fingerprint density at radius 3 is 2.52 bits per heavy atom. The zero-order chi connectivity index (χ0) is 16.6. The summed E-state index contributed by atoms with van der Waals surface area (Å²) >= 11 is 6.09. The van der Waals surface area contributed by atoms with Crippen LogP contribution in [-0.4, -0.2) is 23.5 Å². The number of hydrogen-bond acceptors (Lipinski definition) is 3. The molecular weight excluding hydrogens is 325 g/mol. The summed E-state index contributed by atoms with van der Waals surface area (Å²) in [6, 6.07) is 6.76. The van der Waals surface area contributed by atoms with E-state index in [2.05, 4.69) is 5.32 Å². The monoisotopic (exact) mass is 337 g/mol. The second-order valence-electron chi connectivity index (χ2n) is 5.56. The highest BCUT2D eigenvalue weighted by Gasteiger charge is 2.45. The van der Waals surface area contributed by atoms with Crippen LogP contribution in [0.3, 0.4) is 0 Å². The van der Waals surface area contributed by atoms with Crippen molar-refractivity contribution in [3.8, 4) is 0 Å². The van der Waals surface area contributed by atoms with Gasteiger partial charge in [0.15, 0.2) is 5.76 Å². The van der Waals surface area contributed by atoms with E-state index in [4.69, 9.17) is 21.1 Å². The highest BCUT2D eigenvalue weighted by atomic mass is 35.5. The fourth-order valence-corrected chi connectivity index (χ4v) is 2.89. The smallest absolute Gasteiger partial charge is 0.371 e. The molecule has 7 heteroatoms. The molecule has 1 aliphatic rings. The highest BCUT2D eigenvalue weighted by molar-refractivity contribution is 6.31. The third-order valence-electron chi connectivity index (χ3n) is 3.98. The van der Waals surface area contributed by atoms with Gasteiger partial charge in [-0.2, -0.15) is 0 Å². The standard InChI is InChI=1S/C16H13ClFNO4/c17-11-7-9(18)1-2-10(11)16(5-6-16)8-19-14(20)12-3-4-13(23-12)15(21)22/h1-4,7H,5-6,8H2,(H,19,20)(H,21,22).